The quantitative estimate of drug-likeness (QED) is 0.624. The molecular weight excluding hydrogens is 212 g/mol. The van der Waals surface area contributed by atoms with Gasteiger partial charge in [0.25, 0.3) is 0 Å². The summed E-state index contributed by atoms with van der Waals surface area (Å²) >= 11 is 4.99. The third-order valence-corrected chi connectivity index (χ3v) is 2.12. The van der Waals surface area contributed by atoms with E-state index in [9.17, 15) is 4.79 Å². The molecule has 15 heavy (non-hydrogen) atoms. The Labute approximate surface area is 92.5 Å². The van der Waals surface area contributed by atoms with Crippen molar-refractivity contribution < 1.29 is 9.53 Å². The van der Waals surface area contributed by atoms with Crippen LogP contribution in [0.2, 0.25) is 0 Å². The fourth-order valence-electron chi connectivity index (χ4n) is 1.08. The van der Waals surface area contributed by atoms with Crippen molar-refractivity contribution >= 4 is 18.2 Å². The molecule has 78 valence electrons. The van der Waals surface area contributed by atoms with Gasteiger partial charge in [-0.1, -0.05) is 18.3 Å². The molecule has 0 spiro atoms. The van der Waals surface area contributed by atoms with Crippen LogP contribution in [0.15, 0.2) is 12.1 Å². The van der Waals surface area contributed by atoms with E-state index in [1.54, 1.807) is 19.1 Å². The number of nitriles is 1. The van der Waals surface area contributed by atoms with Crippen LogP contribution in [0.3, 0.4) is 0 Å². The van der Waals surface area contributed by atoms with Crippen molar-refractivity contribution in [2.24, 2.45) is 0 Å². The minimum absolute atomic E-state index is 0.134. The molecule has 0 saturated carbocycles. The van der Waals surface area contributed by atoms with Gasteiger partial charge in [-0.05, 0) is 18.6 Å². The first-order valence-corrected chi connectivity index (χ1v) is 4.86. The van der Waals surface area contributed by atoms with Crippen LogP contribution in [0.25, 0.3) is 0 Å². The summed E-state index contributed by atoms with van der Waals surface area (Å²) in [5, 5.41) is 8.60. The summed E-state index contributed by atoms with van der Waals surface area (Å²) in [6.45, 7) is 2.10. The van der Waals surface area contributed by atoms with Crippen LogP contribution in [-0.4, -0.2) is 17.6 Å². The zero-order valence-corrected chi connectivity index (χ0v) is 9.06. The Balaban J connectivity index is 2.84. The SMILES string of the molecule is CCOC(=O)Cc1ccc(C#N)[nH]c1=S. The molecule has 0 aromatic carbocycles. The van der Waals surface area contributed by atoms with Crippen LogP contribution < -0.4 is 0 Å². The average Bonchev–Trinajstić information content (AvgIpc) is 2.21. The lowest BCUT2D eigenvalue weighted by molar-refractivity contribution is -0.142. The van der Waals surface area contributed by atoms with Crippen molar-refractivity contribution in [3.8, 4) is 6.07 Å². The molecule has 5 heteroatoms. The van der Waals surface area contributed by atoms with Gasteiger partial charge < -0.3 is 9.72 Å². The summed E-state index contributed by atoms with van der Waals surface area (Å²) in [5.74, 6) is -0.318. The highest BCUT2D eigenvalue weighted by atomic mass is 32.1. The molecule has 0 aliphatic heterocycles. The smallest absolute Gasteiger partial charge is 0.310 e. The van der Waals surface area contributed by atoms with E-state index in [-0.39, 0.29) is 12.4 Å². The number of ether oxygens (including phenoxy) is 1. The first-order valence-electron chi connectivity index (χ1n) is 4.45. The molecule has 1 heterocycles. The predicted octanol–water partition coefficient (Wildman–Crippen LogP) is 1.72. The molecule has 1 N–H and O–H groups in total. The van der Waals surface area contributed by atoms with E-state index in [1.807, 2.05) is 6.07 Å². The molecule has 0 radical (unpaired) electrons. The molecule has 1 rings (SSSR count). The van der Waals surface area contributed by atoms with Crippen molar-refractivity contribution in [3.63, 3.8) is 0 Å². The van der Waals surface area contributed by atoms with Crippen LogP contribution in [-0.2, 0) is 16.0 Å². The first kappa shape index (κ1) is 11.4. The molecule has 1 aromatic rings. The fraction of sp³-hybridized carbons (Fsp3) is 0.300. The van der Waals surface area contributed by atoms with E-state index in [2.05, 4.69) is 4.98 Å². The highest BCUT2D eigenvalue weighted by Crippen LogP contribution is 2.04. The standard InChI is InChI=1S/C10H10N2O2S/c1-2-14-9(13)5-7-3-4-8(6-11)12-10(7)15/h3-4H,2,5H2,1H3,(H,12,15). The lowest BCUT2D eigenvalue weighted by Gasteiger charge is -2.02. The van der Waals surface area contributed by atoms with Crippen molar-refractivity contribution in [2.75, 3.05) is 6.61 Å². The minimum Gasteiger partial charge on any atom is -0.466 e. The zero-order valence-electron chi connectivity index (χ0n) is 8.24. The number of H-pyrrole nitrogens is 1. The fourth-order valence-corrected chi connectivity index (χ4v) is 1.33. The number of hydrogen-bond donors (Lipinski definition) is 1. The minimum atomic E-state index is -0.318. The normalized spacial score (nSPS) is 9.33. The van der Waals surface area contributed by atoms with Crippen LogP contribution in [0.4, 0.5) is 0 Å². The van der Waals surface area contributed by atoms with E-state index in [0.717, 1.165) is 0 Å². The number of esters is 1. The molecule has 4 nitrogen and oxygen atoms in total. The lowest BCUT2D eigenvalue weighted by atomic mass is 10.2. The van der Waals surface area contributed by atoms with Gasteiger partial charge in [0.05, 0.1) is 13.0 Å². The van der Waals surface area contributed by atoms with Gasteiger partial charge in [-0.2, -0.15) is 5.26 Å². The lowest BCUT2D eigenvalue weighted by Crippen LogP contribution is -2.08. The van der Waals surface area contributed by atoms with Crippen LogP contribution in [0.5, 0.6) is 0 Å². The molecule has 0 amide bonds. The van der Waals surface area contributed by atoms with Crippen molar-refractivity contribution in [2.45, 2.75) is 13.3 Å². The van der Waals surface area contributed by atoms with Gasteiger partial charge in [0.15, 0.2) is 0 Å². The summed E-state index contributed by atoms with van der Waals surface area (Å²) in [7, 11) is 0. The molecule has 0 aliphatic rings. The van der Waals surface area contributed by atoms with Crippen LogP contribution >= 0.6 is 12.2 Å². The Hall–Kier alpha value is -1.67. The molecular formula is C10H10N2O2S. The van der Waals surface area contributed by atoms with Gasteiger partial charge in [0.2, 0.25) is 0 Å². The summed E-state index contributed by atoms with van der Waals surface area (Å²) in [4.78, 5) is 13.9. The van der Waals surface area contributed by atoms with E-state index < -0.39 is 0 Å². The monoisotopic (exact) mass is 222 g/mol. The highest BCUT2D eigenvalue weighted by Gasteiger charge is 2.05. The maximum absolute atomic E-state index is 11.2. The number of carbonyl (C=O) groups is 1. The Morgan fingerprint density at radius 1 is 1.67 bits per heavy atom. The Morgan fingerprint density at radius 3 is 2.93 bits per heavy atom. The largest absolute Gasteiger partial charge is 0.466 e. The number of hydrogen-bond acceptors (Lipinski definition) is 4. The topological polar surface area (TPSA) is 65.9 Å². The number of nitrogens with one attached hydrogen (secondary N) is 1. The number of aromatic nitrogens is 1. The second-order valence-electron chi connectivity index (χ2n) is 2.82. The molecule has 0 unspecified atom stereocenters. The second-order valence-corrected chi connectivity index (χ2v) is 3.23. The molecule has 1 aromatic heterocycles. The van der Waals surface area contributed by atoms with E-state index in [4.69, 9.17) is 22.2 Å². The third kappa shape index (κ3) is 3.18. The van der Waals surface area contributed by atoms with Gasteiger partial charge in [0.1, 0.15) is 16.4 Å². The Kier molecular flexibility index (Phi) is 4.01. The summed E-state index contributed by atoms with van der Waals surface area (Å²) in [5.41, 5.74) is 1.05. The maximum Gasteiger partial charge on any atom is 0.310 e. The van der Waals surface area contributed by atoms with E-state index >= 15 is 0 Å². The Morgan fingerprint density at radius 2 is 2.40 bits per heavy atom. The molecule has 0 atom stereocenters. The van der Waals surface area contributed by atoms with Gasteiger partial charge in [0, 0.05) is 0 Å². The summed E-state index contributed by atoms with van der Waals surface area (Å²) in [6.07, 6.45) is 0.134. The molecule has 0 aliphatic carbocycles. The van der Waals surface area contributed by atoms with Gasteiger partial charge >= 0.3 is 5.97 Å². The van der Waals surface area contributed by atoms with Gasteiger partial charge in [-0.25, -0.2) is 0 Å². The maximum atomic E-state index is 11.2. The Bertz CT molecular complexity index is 459. The third-order valence-electron chi connectivity index (χ3n) is 1.75. The number of pyridine rings is 1. The molecule has 0 saturated heterocycles. The molecule has 0 fully saturated rings. The van der Waals surface area contributed by atoms with Crippen molar-refractivity contribution in [1.82, 2.24) is 4.98 Å². The van der Waals surface area contributed by atoms with Gasteiger partial charge in [-0.3, -0.25) is 4.79 Å². The first-order chi connectivity index (χ1) is 7.17. The summed E-state index contributed by atoms with van der Waals surface area (Å²) < 4.78 is 5.20. The summed E-state index contributed by atoms with van der Waals surface area (Å²) in [6, 6.07) is 5.18. The van der Waals surface area contributed by atoms with Crippen molar-refractivity contribution in [3.05, 3.63) is 28.0 Å². The van der Waals surface area contributed by atoms with Crippen LogP contribution in [0, 0.1) is 16.0 Å². The van der Waals surface area contributed by atoms with E-state index in [1.165, 1.54) is 0 Å². The number of rotatable bonds is 3. The average molecular weight is 222 g/mol. The number of aromatic amines is 1. The van der Waals surface area contributed by atoms with Gasteiger partial charge in [-0.15, -0.1) is 0 Å². The second kappa shape index (κ2) is 5.27. The number of carbonyl (C=O) groups excluding carboxylic acids is 1. The van der Waals surface area contributed by atoms with Crippen LogP contribution in [0.1, 0.15) is 18.2 Å². The predicted molar refractivity (Wildman–Crippen MR) is 56.7 cm³/mol. The van der Waals surface area contributed by atoms with Crippen molar-refractivity contribution in [1.29, 1.82) is 5.26 Å². The highest BCUT2D eigenvalue weighted by molar-refractivity contribution is 7.71. The molecule has 0 bridgehead atoms. The number of nitrogens with zero attached hydrogens (tertiary/aromatic N) is 1. The zero-order chi connectivity index (χ0) is 11.3. The van der Waals surface area contributed by atoms with E-state index in [0.29, 0.717) is 22.5 Å².